The lowest BCUT2D eigenvalue weighted by atomic mass is 10.3. The van der Waals surface area contributed by atoms with Crippen molar-refractivity contribution < 1.29 is 9.66 Å². The van der Waals surface area contributed by atoms with E-state index in [0.29, 0.717) is 28.8 Å². The summed E-state index contributed by atoms with van der Waals surface area (Å²) in [6, 6.07) is 13.8. The van der Waals surface area contributed by atoms with E-state index in [-0.39, 0.29) is 17.6 Å². The van der Waals surface area contributed by atoms with Crippen molar-refractivity contribution in [2.75, 3.05) is 23.0 Å². The van der Waals surface area contributed by atoms with E-state index < -0.39 is 10.6 Å². The topological polar surface area (TPSA) is 128 Å². The summed E-state index contributed by atoms with van der Waals surface area (Å²) in [5.41, 5.74) is 6.59. The molecule has 1 heterocycles. The van der Waals surface area contributed by atoms with Gasteiger partial charge in [0.15, 0.2) is 0 Å². The summed E-state index contributed by atoms with van der Waals surface area (Å²) in [7, 11) is 0. The van der Waals surface area contributed by atoms with Gasteiger partial charge in [-0.1, -0.05) is 17.7 Å². The third-order valence-electron chi connectivity index (χ3n) is 3.60. The number of anilines is 5. The highest BCUT2D eigenvalue weighted by molar-refractivity contribution is 6.30. The molecule has 0 spiro atoms. The van der Waals surface area contributed by atoms with Crippen molar-refractivity contribution in [1.82, 2.24) is 9.97 Å². The van der Waals surface area contributed by atoms with Gasteiger partial charge in [0.05, 0.1) is 11.5 Å². The van der Waals surface area contributed by atoms with E-state index in [0.717, 1.165) is 0 Å². The molecule has 0 saturated carbocycles. The van der Waals surface area contributed by atoms with Crippen molar-refractivity contribution >= 4 is 46.2 Å². The highest BCUT2D eigenvalue weighted by Gasteiger charge is 2.23. The van der Waals surface area contributed by atoms with Crippen LogP contribution in [-0.2, 0) is 0 Å². The SMILES string of the molecule is CCOc1ccc(Nc2nc(Nc3cccc(Cl)c3)nc(N)c2[N+](=O)[O-])cc1. The lowest BCUT2D eigenvalue weighted by Gasteiger charge is -2.11. The molecule has 0 fully saturated rings. The van der Waals surface area contributed by atoms with Crippen molar-refractivity contribution in [3.63, 3.8) is 0 Å². The van der Waals surface area contributed by atoms with Gasteiger partial charge < -0.3 is 21.1 Å². The first kappa shape index (κ1) is 19.2. The predicted octanol–water partition coefficient (Wildman–Crippen LogP) is 4.51. The van der Waals surface area contributed by atoms with Crippen LogP contribution in [0.15, 0.2) is 48.5 Å². The number of nitrogen functional groups attached to an aromatic ring is 1. The zero-order valence-electron chi connectivity index (χ0n) is 14.8. The van der Waals surface area contributed by atoms with Crippen LogP contribution in [0.1, 0.15) is 6.92 Å². The maximum absolute atomic E-state index is 11.4. The Morgan fingerprint density at radius 1 is 1.14 bits per heavy atom. The van der Waals surface area contributed by atoms with Crippen LogP contribution in [0.3, 0.4) is 0 Å². The molecule has 9 nitrogen and oxygen atoms in total. The van der Waals surface area contributed by atoms with Crippen molar-refractivity contribution in [1.29, 1.82) is 0 Å². The van der Waals surface area contributed by atoms with Gasteiger partial charge >= 0.3 is 5.69 Å². The molecule has 28 heavy (non-hydrogen) atoms. The van der Waals surface area contributed by atoms with Gasteiger partial charge in [0.1, 0.15) is 5.75 Å². The fraction of sp³-hybridized carbons (Fsp3) is 0.111. The van der Waals surface area contributed by atoms with Gasteiger partial charge in [0, 0.05) is 16.4 Å². The molecule has 0 bridgehead atoms. The van der Waals surface area contributed by atoms with Gasteiger partial charge in [-0.15, -0.1) is 0 Å². The third-order valence-corrected chi connectivity index (χ3v) is 3.84. The molecule has 0 unspecified atom stereocenters. The number of ether oxygens (including phenoxy) is 1. The minimum absolute atomic E-state index is 0.0359. The molecule has 3 rings (SSSR count). The summed E-state index contributed by atoms with van der Waals surface area (Å²) < 4.78 is 5.38. The van der Waals surface area contributed by atoms with Gasteiger partial charge in [0.25, 0.3) is 0 Å². The van der Waals surface area contributed by atoms with Crippen LogP contribution in [-0.4, -0.2) is 21.5 Å². The zero-order chi connectivity index (χ0) is 20.1. The Morgan fingerprint density at radius 3 is 2.54 bits per heavy atom. The summed E-state index contributed by atoms with van der Waals surface area (Å²) >= 11 is 5.97. The zero-order valence-corrected chi connectivity index (χ0v) is 15.6. The number of nitro groups is 1. The molecule has 0 aliphatic heterocycles. The van der Waals surface area contributed by atoms with E-state index >= 15 is 0 Å². The largest absolute Gasteiger partial charge is 0.494 e. The first-order chi connectivity index (χ1) is 13.5. The Hall–Kier alpha value is -3.59. The number of benzene rings is 2. The fourth-order valence-corrected chi connectivity index (χ4v) is 2.62. The molecule has 10 heteroatoms. The van der Waals surface area contributed by atoms with Crippen molar-refractivity contribution in [3.8, 4) is 5.75 Å². The standard InChI is InChI=1S/C18H17ClN6O3/c1-2-28-14-8-6-12(7-9-14)21-17-15(25(26)27)16(20)23-18(24-17)22-13-5-3-4-11(19)10-13/h3-10H,2H2,1H3,(H4,20,21,22,23,24). The summed E-state index contributed by atoms with van der Waals surface area (Å²) in [5, 5.41) is 17.8. The molecule has 3 aromatic rings. The Bertz CT molecular complexity index is 997. The second-order valence-electron chi connectivity index (χ2n) is 5.60. The summed E-state index contributed by atoms with van der Waals surface area (Å²) in [5.74, 6) is 0.482. The Kier molecular flexibility index (Phi) is 5.75. The Labute approximate surface area is 165 Å². The first-order valence-corrected chi connectivity index (χ1v) is 8.68. The molecule has 0 amide bonds. The average molecular weight is 401 g/mol. The van der Waals surface area contributed by atoms with Crippen molar-refractivity contribution in [2.24, 2.45) is 0 Å². The molecule has 2 aromatic carbocycles. The van der Waals surface area contributed by atoms with Crippen LogP contribution in [0.25, 0.3) is 0 Å². The number of hydrogen-bond donors (Lipinski definition) is 3. The summed E-state index contributed by atoms with van der Waals surface area (Å²) in [6.45, 7) is 2.42. The molecule has 0 aliphatic rings. The van der Waals surface area contributed by atoms with Crippen LogP contribution in [0.2, 0.25) is 5.02 Å². The van der Waals surface area contributed by atoms with Crippen LogP contribution in [0.4, 0.5) is 34.6 Å². The second kappa shape index (κ2) is 8.40. The van der Waals surface area contributed by atoms with Crippen LogP contribution in [0.5, 0.6) is 5.75 Å². The Morgan fingerprint density at radius 2 is 1.89 bits per heavy atom. The lowest BCUT2D eigenvalue weighted by Crippen LogP contribution is -2.08. The Balaban J connectivity index is 1.93. The monoisotopic (exact) mass is 400 g/mol. The van der Waals surface area contributed by atoms with Crippen LogP contribution >= 0.6 is 11.6 Å². The number of rotatable bonds is 7. The number of nitrogens with zero attached hydrogens (tertiary/aromatic N) is 3. The minimum Gasteiger partial charge on any atom is -0.494 e. The highest BCUT2D eigenvalue weighted by atomic mass is 35.5. The fourth-order valence-electron chi connectivity index (χ4n) is 2.43. The molecule has 0 radical (unpaired) electrons. The molecule has 4 N–H and O–H groups in total. The van der Waals surface area contributed by atoms with E-state index in [9.17, 15) is 10.1 Å². The van der Waals surface area contributed by atoms with Gasteiger partial charge in [0.2, 0.25) is 17.6 Å². The van der Waals surface area contributed by atoms with E-state index in [2.05, 4.69) is 20.6 Å². The maximum atomic E-state index is 11.4. The first-order valence-electron chi connectivity index (χ1n) is 8.30. The second-order valence-corrected chi connectivity index (χ2v) is 6.04. The minimum atomic E-state index is -0.630. The number of hydrogen-bond acceptors (Lipinski definition) is 8. The number of nitrogens with two attached hydrogens (primary N) is 1. The predicted molar refractivity (Wildman–Crippen MR) is 109 cm³/mol. The van der Waals surface area contributed by atoms with Crippen LogP contribution in [0, 0.1) is 10.1 Å². The number of aromatic nitrogens is 2. The van der Waals surface area contributed by atoms with E-state index in [4.69, 9.17) is 22.1 Å². The van der Waals surface area contributed by atoms with Crippen molar-refractivity contribution in [2.45, 2.75) is 6.92 Å². The van der Waals surface area contributed by atoms with Crippen molar-refractivity contribution in [3.05, 3.63) is 63.7 Å². The summed E-state index contributed by atoms with van der Waals surface area (Å²) in [4.78, 5) is 19.0. The third kappa shape index (κ3) is 4.57. The molecule has 144 valence electrons. The highest BCUT2D eigenvalue weighted by Crippen LogP contribution is 2.32. The normalized spacial score (nSPS) is 10.4. The van der Waals surface area contributed by atoms with Gasteiger partial charge in [-0.25, -0.2) is 0 Å². The lowest BCUT2D eigenvalue weighted by molar-refractivity contribution is -0.383. The van der Waals surface area contributed by atoms with Gasteiger partial charge in [-0.3, -0.25) is 10.1 Å². The summed E-state index contributed by atoms with van der Waals surface area (Å²) in [6.07, 6.45) is 0. The van der Waals surface area contributed by atoms with E-state index in [1.165, 1.54) is 0 Å². The van der Waals surface area contributed by atoms with Crippen LogP contribution < -0.4 is 21.1 Å². The molecular weight excluding hydrogens is 384 g/mol. The molecule has 0 saturated heterocycles. The van der Waals surface area contributed by atoms with E-state index in [1.807, 2.05) is 6.92 Å². The number of halogens is 1. The van der Waals surface area contributed by atoms with Gasteiger partial charge in [-0.2, -0.15) is 9.97 Å². The average Bonchev–Trinajstić information content (AvgIpc) is 2.63. The maximum Gasteiger partial charge on any atom is 0.353 e. The van der Waals surface area contributed by atoms with Gasteiger partial charge in [-0.05, 0) is 49.4 Å². The molecule has 1 aromatic heterocycles. The molecular formula is C18H17ClN6O3. The quantitative estimate of drug-likeness (QED) is 0.390. The smallest absolute Gasteiger partial charge is 0.353 e. The molecule has 0 atom stereocenters. The van der Waals surface area contributed by atoms with E-state index in [1.54, 1.807) is 48.5 Å². The number of nitrogens with one attached hydrogen (secondary N) is 2. The molecule has 0 aliphatic carbocycles.